The fourth-order valence-electron chi connectivity index (χ4n) is 1.86. The molecule has 2 atom stereocenters. The second kappa shape index (κ2) is 7.12. The minimum absolute atomic E-state index is 0.0610. The van der Waals surface area contributed by atoms with Crippen molar-refractivity contribution in [3.8, 4) is 11.5 Å². The number of methoxy groups -OCH3 is 2. The highest BCUT2D eigenvalue weighted by molar-refractivity contribution is 6.02. The second-order valence-electron chi connectivity index (χ2n) is 4.86. The van der Waals surface area contributed by atoms with Crippen LogP contribution in [0, 0.1) is 0 Å². The molecular weight excluding hydrogens is 302 g/mol. The monoisotopic (exact) mass is 321 g/mol. The zero-order valence-corrected chi connectivity index (χ0v) is 13.1. The van der Waals surface area contributed by atoms with E-state index < -0.39 is 18.1 Å². The van der Waals surface area contributed by atoms with E-state index in [-0.39, 0.29) is 11.6 Å². The van der Waals surface area contributed by atoms with E-state index in [1.807, 2.05) is 0 Å². The maximum absolute atomic E-state index is 12.2. The highest BCUT2D eigenvalue weighted by Gasteiger charge is 2.20. The van der Waals surface area contributed by atoms with Gasteiger partial charge in [0.25, 0.3) is 5.91 Å². The van der Waals surface area contributed by atoms with Crippen molar-refractivity contribution >= 4 is 11.6 Å². The zero-order valence-electron chi connectivity index (χ0n) is 13.1. The van der Waals surface area contributed by atoms with Crippen molar-refractivity contribution in [2.75, 3.05) is 19.5 Å². The fraction of sp³-hybridized carbons (Fsp3) is 0.333. The van der Waals surface area contributed by atoms with Crippen LogP contribution in [0.4, 0.5) is 5.69 Å². The Hall–Kier alpha value is -2.58. The van der Waals surface area contributed by atoms with Gasteiger partial charge in [0.1, 0.15) is 12.3 Å². The molecular formula is C15H19N3O5. The molecule has 0 aliphatic heterocycles. The number of oxazole rings is 1. The normalized spacial score (nSPS) is 13.3. The van der Waals surface area contributed by atoms with Crippen molar-refractivity contribution < 1.29 is 23.8 Å². The van der Waals surface area contributed by atoms with Gasteiger partial charge in [0.15, 0.2) is 17.2 Å². The molecule has 0 fully saturated rings. The lowest BCUT2D eigenvalue weighted by Crippen LogP contribution is -2.23. The molecule has 2 rings (SSSR count). The van der Waals surface area contributed by atoms with Gasteiger partial charge in [0, 0.05) is 11.8 Å². The summed E-state index contributed by atoms with van der Waals surface area (Å²) in [6.45, 7) is 1.51. The van der Waals surface area contributed by atoms with E-state index in [1.54, 1.807) is 18.2 Å². The van der Waals surface area contributed by atoms with E-state index in [1.165, 1.54) is 27.4 Å². The molecule has 0 aliphatic carbocycles. The number of hydrogen-bond acceptors (Lipinski definition) is 7. The summed E-state index contributed by atoms with van der Waals surface area (Å²) in [5, 5.41) is 12.1. The largest absolute Gasteiger partial charge is 0.493 e. The first-order valence-corrected chi connectivity index (χ1v) is 6.88. The molecule has 0 saturated carbocycles. The summed E-state index contributed by atoms with van der Waals surface area (Å²) < 4.78 is 15.4. The van der Waals surface area contributed by atoms with Gasteiger partial charge in [-0.15, -0.1) is 0 Å². The number of hydrogen-bond donors (Lipinski definition) is 3. The molecule has 0 bridgehead atoms. The molecule has 1 amide bonds. The van der Waals surface area contributed by atoms with Crippen LogP contribution in [0.2, 0.25) is 0 Å². The Bertz CT molecular complexity index is 684. The number of carbonyl (C=O) groups is 1. The lowest BCUT2D eigenvalue weighted by molar-refractivity contribution is 0.102. The third-order valence-electron chi connectivity index (χ3n) is 3.20. The van der Waals surface area contributed by atoms with Gasteiger partial charge < -0.3 is 30.0 Å². The van der Waals surface area contributed by atoms with Gasteiger partial charge in [0.05, 0.1) is 20.3 Å². The SMILES string of the molecule is COc1ccc(NC(=O)c2coc(C(N)C(C)O)n2)cc1OC. The van der Waals surface area contributed by atoms with Gasteiger partial charge >= 0.3 is 0 Å². The maximum atomic E-state index is 12.2. The number of anilines is 1. The zero-order chi connectivity index (χ0) is 17.0. The van der Waals surface area contributed by atoms with Crippen LogP contribution >= 0.6 is 0 Å². The van der Waals surface area contributed by atoms with Crippen molar-refractivity contribution in [3.05, 3.63) is 36.0 Å². The van der Waals surface area contributed by atoms with Crippen LogP contribution < -0.4 is 20.5 Å². The predicted molar refractivity (Wildman–Crippen MR) is 82.6 cm³/mol. The van der Waals surface area contributed by atoms with E-state index in [9.17, 15) is 9.90 Å². The summed E-state index contributed by atoms with van der Waals surface area (Å²) in [6, 6.07) is 4.17. The van der Waals surface area contributed by atoms with E-state index in [2.05, 4.69) is 10.3 Å². The molecule has 23 heavy (non-hydrogen) atoms. The Morgan fingerprint density at radius 3 is 2.65 bits per heavy atom. The lowest BCUT2D eigenvalue weighted by Gasteiger charge is -2.10. The van der Waals surface area contributed by atoms with Gasteiger partial charge in [0.2, 0.25) is 5.89 Å². The van der Waals surface area contributed by atoms with Gasteiger partial charge in [-0.3, -0.25) is 4.79 Å². The first kappa shape index (κ1) is 16.8. The number of aliphatic hydroxyl groups excluding tert-OH is 1. The van der Waals surface area contributed by atoms with Gasteiger partial charge in [-0.25, -0.2) is 4.98 Å². The average Bonchev–Trinajstić information content (AvgIpc) is 3.03. The molecule has 2 aromatic rings. The number of nitrogens with two attached hydrogens (primary N) is 1. The summed E-state index contributed by atoms with van der Waals surface area (Å²) in [7, 11) is 3.03. The van der Waals surface area contributed by atoms with Crippen molar-refractivity contribution in [1.82, 2.24) is 4.98 Å². The molecule has 1 aromatic carbocycles. The summed E-state index contributed by atoms with van der Waals surface area (Å²) in [5.74, 6) is 0.668. The number of benzene rings is 1. The van der Waals surface area contributed by atoms with Crippen molar-refractivity contribution in [3.63, 3.8) is 0 Å². The number of nitrogens with one attached hydrogen (secondary N) is 1. The highest BCUT2D eigenvalue weighted by Crippen LogP contribution is 2.29. The Balaban J connectivity index is 2.13. The molecule has 2 unspecified atom stereocenters. The standard InChI is InChI=1S/C15H19N3O5/c1-8(19)13(16)15-18-10(7-23-15)14(20)17-9-4-5-11(21-2)12(6-9)22-3/h4-8,13,19H,16H2,1-3H3,(H,17,20). The summed E-state index contributed by atoms with van der Waals surface area (Å²) in [6.07, 6.45) is 0.351. The smallest absolute Gasteiger partial charge is 0.277 e. The van der Waals surface area contributed by atoms with Crippen molar-refractivity contribution in [2.24, 2.45) is 5.73 Å². The third kappa shape index (κ3) is 3.79. The second-order valence-corrected chi connectivity index (χ2v) is 4.86. The van der Waals surface area contributed by atoms with E-state index in [4.69, 9.17) is 19.6 Å². The molecule has 0 aliphatic rings. The van der Waals surface area contributed by atoms with Crippen LogP contribution in [0.5, 0.6) is 11.5 Å². The molecule has 0 radical (unpaired) electrons. The van der Waals surface area contributed by atoms with E-state index in [0.717, 1.165) is 0 Å². The molecule has 8 nitrogen and oxygen atoms in total. The minimum Gasteiger partial charge on any atom is -0.493 e. The predicted octanol–water partition coefficient (Wildman–Crippen LogP) is 1.32. The van der Waals surface area contributed by atoms with Crippen molar-refractivity contribution in [1.29, 1.82) is 0 Å². The summed E-state index contributed by atoms with van der Waals surface area (Å²) in [5.41, 5.74) is 6.28. The number of aliphatic hydroxyl groups is 1. The first-order chi connectivity index (χ1) is 11.0. The van der Waals surface area contributed by atoms with Crippen LogP contribution in [0.1, 0.15) is 29.3 Å². The van der Waals surface area contributed by atoms with Crippen LogP contribution in [-0.4, -0.2) is 36.3 Å². The Morgan fingerprint density at radius 2 is 2.04 bits per heavy atom. The highest BCUT2D eigenvalue weighted by atomic mass is 16.5. The Morgan fingerprint density at radius 1 is 1.35 bits per heavy atom. The molecule has 0 spiro atoms. The lowest BCUT2D eigenvalue weighted by atomic mass is 10.2. The van der Waals surface area contributed by atoms with Gasteiger partial charge in [-0.2, -0.15) is 0 Å². The average molecular weight is 321 g/mol. The molecule has 1 aromatic heterocycles. The number of amides is 1. The minimum atomic E-state index is -0.838. The summed E-state index contributed by atoms with van der Waals surface area (Å²) >= 11 is 0. The first-order valence-electron chi connectivity index (χ1n) is 6.88. The quantitative estimate of drug-likeness (QED) is 0.734. The number of rotatable bonds is 6. The topological polar surface area (TPSA) is 120 Å². The number of ether oxygens (including phenoxy) is 2. The van der Waals surface area contributed by atoms with Gasteiger partial charge in [-0.05, 0) is 19.1 Å². The Labute approximate surface area is 133 Å². The van der Waals surface area contributed by atoms with Gasteiger partial charge in [-0.1, -0.05) is 0 Å². The van der Waals surface area contributed by atoms with E-state index >= 15 is 0 Å². The number of carbonyl (C=O) groups excluding carboxylic acids is 1. The third-order valence-corrected chi connectivity index (χ3v) is 3.20. The molecule has 124 valence electrons. The Kier molecular flexibility index (Phi) is 5.20. The number of nitrogens with zero attached hydrogens (tertiary/aromatic N) is 1. The number of aromatic nitrogens is 1. The maximum Gasteiger partial charge on any atom is 0.277 e. The molecule has 8 heteroatoms. The fourth-order valence-corrected chi connectivity index (χ4v) is 1.86. The van der Waals surface area contributed by atoms with Crippen molar-refractivity contribution in [2.45, 2.75) is 19.1 Å². The van der Waals surface area contributed by atoms with Crippen LogP contribution in [0.25, 0.3) is 0 Å². The van der Waals surface area contributed by atoms with Crippen LogP contribution in [0.3, 0.4) is 0 Å². The van der Waals surface area contributed by atoms with Crippen LogP contribution in [0.15, 0.2) is 28.9 Å². The molecule has 1 heterocycles. The van der Waals surface area contributed by atoms with Crippen LogP contribution in [-0.2, 0) is 0 Å². The van der Waals surface area contributed by atoms with E-state index in [0.29, 0.717) is 17.2 Å². The summed E-state index contributed by atoms with van der Waals surface area (Å²) in [4.78, 5) is 16.1. The molecule has 0 saturated heterocycles. The molecule has 4 N–H and O–H groups in total.